The van der Waals surface area contributed by atoms with Crippen LogP contribution in [0.1, 0.15) is 57.6 Å². The number of rotatable bonds is 11. The van der Waals surface area contributed by atoms with Gasteiger partial charge in [0.2, 0.25) is 5.91 Å². The van der Waals surface area contributed by atoms with Crippen LogP contribution in [0.25, 0.3) is 0 Å². The van der Waals surface area contributed by atoms with Gasteiger partial charge in [-0.05, 0) is 31.9 Å². The third-order valence-corrected chi connectivity index (χ3v) is 3.60. The molecule has 138 valence electrons. The second-order valence-electron chi connectivity index (χ2n) is 5.72. The first-order valence-corrected chi connectivity index (χ1v) is 8.27. The predicted molar refractivity (Wildman–Crippen MR) is 91.5 cm³/mol. The van der Waals surface area contributed by atoms with Gasteiger partial charge in [0.25, 0.3) is 5.69 Å². The molecule has 0 aromatic heterocycles. The zero-order chi connectivity index (χ0) is 18.8. The molecule has 8 heteroatoms. The van der Waals surface area contributed by atoms with E-state index < -0.39 is 16.9 Å². The van der Waals surface area contributed by atoms with Crippen LogP contribution in [0.5, 0.6) is 5.75 Å². The van der Waals surface area contributed by atoms with E-state index in [1.807, 2.05) is 6.92 Å². The second-order valence-corrected chi connectivity index (χ2v) is 5.72. The summed E-state index contributed by atoms with van der Waals surface area (Å²) in [5.41, 5.74) is 0.256. The Bertz CT molecular complexity index is 617. The van der Waals surface area contributed by atoms with Crippen molar-refractivity contribution in [2.45, 2.75) is 52.0 Å². The summed E-state index contributed by atoms with van der Waals surface area (Å²) in [5.74, 6) is -0.659. The summed E-state index contributed by atoms with van der Waals surface area (Å²) in [6.07, 6.45) is 2.35. The van der Waals surface area contributed by atoms with E-state index in [-0.39, 0.29) is 24.6 Å². The number of carboxylic acids is 1. The lowest BCUT2D eigenvalue weighted by Crippen LogP contribution is -2.26. The quantitative estimate of drug-likeness (QED) is 0.358. The van der Waals surface area contributed by atoms with Crippen LogP contribution in [0.2, 0.25) is 0 Å². The third-order valence-electron chi connectivity index (χ3n) is 3.60. The second kappa shape index (κ2) is 10.3. The molecule has 1 rings (SSSR count). The summed E-state index contributed by atoms with van der Waals surface area (Å²) in [7, 11) is 0. The number of hydrogen-bond donors (Lipinski definition) is 2. The molecule has 2 N–H and O–H groups in total. The minimum absolute atomic E-state index is 0.0102. The van der Waals surface area contributed by atoms with E-state index in [0.717, 1.165) is 12.8 Å². The summed E-state index contributed by atoms with van der Waals surface area (Å²) >= 11 is 0. The lowest BCUT2D eigenvalue weighted by atomic mass is 10.1. The van der Waals surface area contributed by atoms with E-state index >= 15 is 0 Å². The van der Waals surface area contributed by atoms with Gasteiger partial charge in [-0.1, -0.05) is 13.3 Å². The number of hydrogen-bond acceptors (Lipinski definition) is 5. The van der Waals surface area contributed by atoms with Crippen LogP contribution in [0, 0.1) is 10.1 Å². The van der Waals surface area contributed by atoms with E-state index in [9.17, 15) is 19.7 Å². The van der Waals surface area contributed by atoms with Gasteiger partial charge in [0, 0.05) is 18.9 Å². The molecule has 1 aromatic rings. The van der Waals surface area contributed by atoms with Gasteiger partial charge in [-0.25, -0.2) is 0 Å². The Kier molecular flexibility index (Phi) is 8.38. The first-order chi connectivity index (χ1) is 11.8. The molecule has 0 radical (unpaired) electrons. The van der Waals surface area contributed by atoms with Crippen molar-refractivity contribution < 1.29 is 24.4 Å². The molecule has 0 aliphatic carbocycles. The SMILES string of the molecule is CCCCC(=O)NC(C)c1cc(OCCCC(=O)O)ccc1[N+](=O)[O-]. The number of nitro groups is 1. The number of carbonyl (C=O) groups excluding carboxylic acids is 1. The molecule has 1 amide bonds. The summed E-state index contributed by atoms with van der Waals surface area (Å²) in [4.78, 5) is 33.1. The van der Waals surface area contributed by atoms with Crippen molar-refractivity contribution in [2.24, 2.45) is 0 Å². The Balaban J connectivity index is 2.82. The first-order valence-electron chi connectivity index (χ1n) is 8.27. The highest BCUT2D eigenvalue weighted by molar-refractivity contribution is 5.76. The van der Waals surface area contributed by atoms with E-state index in [1.54, 1.807) is 6.92 Å². The molecule has 8 nitrogen and oxygen atoms in total. The number of amides is 1. The lowest BCUT2D eigenvalue weighted by molar-refractivity contribution is -0.385. The van der Waals surface area contributed by atoms with Crippen LogP contribution in [-0.4, -0.2) is 28.5 Å². The standard InChI is InChI=1S/C17H24N2O6/c1-3-4-6-16(20)18-12(2)14-11-13(8-9-15(14)19(23)24)25-10-5-7-17(21)22/h8-9,11-12H,3-7,10H2,1-2H3,(H,18,20)(H,21,22). The molecule has 1 aromatic carbocycles. The van der Waals surface area contributed by atoms with Gasteiger partial charge in [0.1, 0.15) is 5.75 Å². The fourth-order valence-electron chi connectivity index (χ4n) is 2.28. The average molecular weight is 352 g/mol. The number of nitrogens with zero attached hydrogens (tertiary/aromatic N) is 1. The molecule has 0 heterocycles. The van der Waals surface area contributed by atoms with E-state index in [2.05, 4.69) is 5.32 Å². The molecule has 0 spiro atoms. The number of nitrogens with one attached hydrogen (secondary N) is 1. The zero-order valence-electron chi connectivity index (χ0n) is 14.5. The Hall–Kier alpha value is -2.64. The molecule has 1 unspecified atom stereocenters. The fraction of sp³-hybridized carbons (Fsp3) is 0.529. The maximum atomic E-state index is 11.9. The highest BCUT2D eigenvalue weighted by atomic mass is 16.6. The molecule has 0 aliphatic rings. The van der Waals surface area contributed by atoms with Crippen LogP contribution in [0.3, 0.4) is 0 Å². The smallest absolute Gasteiger partial charge is 0.303 e. The molecule has 25 heavy (non-hydrogen) atoms. The van der Waals surface area contributed by atoms with Crippen molar-refractivity contribution in [3.8, 4) is 5.75 Å². The Morgan fingerprint density at radius 1 is 1.32 bits per heavy atom. The molecule has 0 saturated carbocycles. The summed E-state index contributed by atoms with van der Waals surface area (Å²) in [6, 6.07) is 3.78. The van der Waals surface area contributed by atoms with Gasteiger partial charge in [0.15, 0.2) is 0 Å². The number of carbonyl (C=O) groups is 2. The average Bonchev–Trinajstić information content (AvgIpc) is 2.56. The first kappa shape index (κ1) is 20.4. The maximum absolute atomic E-state index is 11.9. The molecule has 0 saturated heterocycles. The van der Waals surface area contributed by atoms with E-state index in [4.69, 9.17) is 9.84 Å². The van der Waals surface area contributed by atoms with Crippen LogP contribution in [0.4, 0.5) is 5.69 Å². The number of benzene rings is 1. The number of ether oxygens (including phenoxy) is 1. The van der Waals surface area contributed by atoms with Crippen molar-refractivity contribution in [3.05, 3.63) is 33.9 Å². The van der Waals surface area contributed by atoms with Crippen LogP contribution < -0.4 is 10.1 Å². The molecule has 1 atom stereocenters. The molecule has 0 bridgehead atoms. The van der Waals surface area contributed by atoms with Gasteiger partial charge in [-0.3, -0.25) is 19.7 Å². The van der Waals surface area contributed by atoms with Crippen LogP contribution in [-0.2, 0) is 9.59 Å². The Morgan fingerprint density at radius 2 is 2.04 bits per heavy atom. The van der Waals surface area contributed by atoms with Crippen molar-refractivity contribution in [3.63, 3.8) is 0 Å². The van der Waals surface area contributed by atoms with E-state index in [1.165, 1.54) is 18.2 Å². The summed E-state index contributed by atoms with van der Waals surface area (Å²) in [5, 5.41) is 22.6. The van der Waals surface area contributed by atoms with Crippen molar-refractivity contribution in [2.75, 3.05) is 6.61 Å². The topological polar surface area (TPSA) is 119 Å². The van der Waals surface area contributed by atoms with Gasteiger partial charge in [0.05, 0.1) is 23.1 Å². The molecular weight excluding hydrogens is 328 g/mol. The maximum Gasteiger partial charge on any atom is 0.303 e. The predicted octanol–water partition coefficient (Wildman–Crippen LogP) is 3.21. The minimum Gasteiger partial charge on any atom is -0.494 e. The number of unbranched alkanes of at least 4 members (excludes halogenated alkanes) is 1. The van der Waals surface area contributed by atoms with Crippen molar-refractivity contribution in [1.29, 1.82) is 0 Å². The normalized spacial score (nSPS) is 11.6. The monoisotopic (exact) mass is 352 g/mol. The molecular formula is C17H24N2O6. The minimum atomic E-state index is -0.906. The summed E-state index contributed by atoms with van der Waals surface area (Å²) in [6.45, 7) is 3.86. The molecule has 0 aliphatic heterocycles. The largest absolute Gasteiger partial charge is 0.494 e. The van der Waals surface area contributed by atoms with Gasteiger partial charge in [-0.15, -0.1) is 0 Å². The van der Waals surface area contributed by atoms with Crippen molar-refractivity contribution >= 4 is 17.6 Å². The van der Waals surface area contributed by atoms with Gasteiger partial charge < -0.3 is 15.2 Å². The van der Waals surface area contributed by atoms with Gasteiger partial charge >= 0.3 is 5.97 Å². The van der Waals surface area contributed by atoms with Gasteiger partial charge in [-0.2, -0.15) is 0 Å². The Labute approximate surface area is 146 Å². The lowest BCUT2D eigenvalue weighted by Gasteiger charge is -2.16. The molecule has 0 fully saturated rings. The highest BCUT2D eigenvalue weighted by Gasteiger charge is 2.21. The zero-order valence-corrected chi connectivity index (χ0v) is 14.5. The number of nitro benzene ring substituents is 1. The number of aliphatic carboxylic acids is 1. The van der Waals surface area contributed by atoms with Crippen molar-refractivity contribution in [1.82, 2.24) is 5.32 Å². The fourth-order valence-corrected chi connectivity index (χ4v) is 2.28. The van der Waals surface area contributed by atoms with Crippen LogP contribution in [0.15, 0.2) is 18.2 Å². The van der Waals surface area contributed by atoms with Crippen LogP contribution >= 0.6 is 0 Å². The van der Waals surface area contributed by atoms with E-state index in [0.29, 0.717) is 24.2 Å². The summed E-state index contributed by atoms with van der Waals surface area (Å²) < 4.78 is 5.45. The Morgan fingerprint density at radius 3 is 2.64 bits per heavy atom. The highest BCUT2D eigenvalue weighted by Crippen LogP contribution is 2.29. The number of carboxylic acid groups (broad SMARTS) is 1. The third kappa shape index (κ3) is 7.19.